The molecule has 2 aromatic carbocycles. The van der Waals surface area contributed by atoms with Crippen LogP contribution in [0.4, 0.5) is 0 Å². The van der Waals surface area contributed by atoms with E-state index in [1.165, 1.54) is 22.3 Å². The maximum atomic E-state index is 12.7. The van der Waals surface area contributed by atoms with Gasteiger partial charge in [-0.25, -0.2) is 4.79 Å². The Balaban J connectivity index is 1.67. The van der Waals surface area contributed by atoms with Gasteiger partial charge < -0.3 is 9.64 Å². The smallest absolute Gasteiger partial charge is 0.339 e. The van der Waals surface area contributed by atoms with Crippen LogP contribution < -0.4 is 0 Å². The van der Waals surface area contributed by atoms with E-state index in [-0.39, 0.29) is 28.9 Å². The van der Waals surface area contributed by atoms with Gasteiger partial charge in [-0.2, -0.15) is 0 Å². The van der Waals surface area contributed by atoms with Crippen molar-refractivity contribution in [2.45, 2.75) is 13.0 Å². The Labute approximate surface area is 173 Å². The summed E-state index contributed by atoms with van der Waals surface area (Å²) in [7, 11) is 1.67. The maximum Gasteiger partial charge on any atom is 0.339 e. The van der Waals surface area contributed by atoms with Gasteiger partial charge in [-0.05, 0) is 30.0 Å². The number of thiophene rings is 1. The van der Waals surface area contributed by atoms with Gasteiger partial charge >= 0.3 is 5.97 Å². The predicted octanol–water partition coefficient (Wildman–Crippen LogP) is 4.36. The van der Waals surface area contributed by atoms with Crippen LogP contribution in [-0.4, -0.2) is 36.2 Å². The molecule has 0 saturated carbocycles. The van der Waals surface area contributed by atoms with Crippen molar-refractivity contribution in [2.24, 2.45) is 0 Å². The molecule has 0 aliphatic heterocycles. The Morgan fingerprint density at radius 3 is 2.24 bits per heavy atom. The average molecular weight is 407 g/mol. The SMILES string of the molecule is CC(c1ccccc1)N(C)C(=O)COC(=O)c1ccccc1C(=O)c1cccs1. The lowest BCUT2D eigenvalue weighted by atomic mass is 10.0. The molecule has 5 nitrogen and oxygen atoms in total. The Morgan fingerprint density at radius 1 is 0.931 bits per heavy atom. The summed E-state index contributed by atoms with van der Waals surface area (Å²) in [5.41, 5.74) is 1.40. The fourth-order valence-corrected chi connectivity index (χ4v) is 3.56. The quantitative estimate of drug-likeness (QED) is 0.431. The molecule has 0 fully saturated rings. The number of likely N-dealkylation sites (N-methyl/N-ethyl adjacent to an activating group) is 1. The van der Waals surface area contributed by atoms with Crippen molar-refractivity contribution < 1.29 is 19.1 Å². The topological polar surface area (TPSA) is 63.7 Å². The first-order valence-corrected chi connectivity index (χ1v) is 10.0. The van der Waals surface area contributed by atoms with Crippen LogP contribution in [0, 0.1) is 0 Å². The first-order chi connectivity index (χ1) is 14.0. The number of carbonyl (C=O) groups excluding carboxylic acids is 3. The molecule has 1 unspecified atom stereocenters. The van der Waals surface area contributed by atoms with Gasteiger partial charge in [-0.15, -0.1) is 11.3 Å². The standard InChI is InChI=1S/C23H21NO4S/c1-16(17-9-4-3-5-10-17)24(2)21(25)15-28-23(27)19-12-7-6-11-18(19)22(26)20-13-8-14-29-20/h3-14,16H,15H2,1-2H3. The Hall–Kier alpha value is -3.25. The van der Waals surface area contributed by atoms with Crippen molar-refractivity contribution in [3.05, 3.63) is 93.7 Å². The van der Waals surface area contributed by atoms with Crippen LogP contribution in [0.3, 0.4) is 0 Å². The highest BCUT2D eigenvalue weighted by Crippen LogP contribution is 2.20. The fourth-order valence-electron chi connectivity index (χ4n) is 2.88. The number of ether oxygens (including phenoxy) is 1. The van der Waals surface area contributed by atoms with E-state index in [9.17, 15) is 14.4 Å². The molecule has 0 saturated heterocycles. The lowest BCUT2D eigenvalue weighted by Crippen LogP contribution is -2.33. The minimum atomic E-state index is -0.695. The predicted molar refractivity (Wildman–Crippen MR) is 112 cm³/mol. The van der Waals surface area contributed by atoms with E-state index in [0.29, 0.717) is 4.88 Å². The minimum Gasteiger partial charge on any atom is -0.452 e. The molecule has 0 aliphatic rings. The largest absolute Gasteiger partial charge is 0.452 e. The number of esters is 1. The summed E-state index contributed by atoms with van der Waals surface area (Å²) in [5, 5.41) is 1.80. The molecule has 29 heavy (non-hydrogen) atoms. The summed E-state index contributed by atoms with van der Waals surface area (Å²) < 4.78 is 5.23. The lowest BCUT2D eigenvalue weighted by molar-refractivity contribution is -0.135. The number of nitrogens with zero attached hydrogens (tertiary/aromatic N) is 1. The summed E-state index contributed by atoms with van der Waals surface area (Å²) in [6.45, 7) is 1.51. The highest BCUT2D eigenvalue weighted by Gasteiger charge is 2.22. The number of carbonyl (C=O) groups is 3. The van der Waals surface area contributed by atoms with Gasteiger partial charge in [0.05, 0.1) is 16.5 Å². The van der Waals surface area contributed by atoms with Crippen LogP contribution in [0.15, 0.2) is 72.1 Å². The Bertz CT molecular complexity index is 999. The normalized spacial score (nSPS) is 11.5. The van der Waals surface area contributed by atoms with Gasteiger partial charge in [-0.3, -0.25) is 9.59 Å². The first kappa shape index (κ1) is 20.5. The Kier molecular flexibility index (Phi) is 6.57. The van der Waals surface area contributed by atoms with Gasteiger partial charge in [0.1, 0.15) is 0 Å². The minimum absolute atomic E-state index is 0.150. The molecule has 148 valence electrons. The molecule has 3 rings (SSSR count). The third-order valence-corrected chi connectivity index (χ3v) is 5.59. The molecule has 1 heterocycles. The van der Waals surface area contributed by atoms with E-state index in [2.05, 4.69) is 0 Å². The summed E-state index contributed by atoms with van der Waals surface area (Å²) in [6, 6.07) is 19.4. The highest BCUT2D eigenvalue weighted by atomic mass is 32.1. The molecule has 6 heteroatoms. The molecule has 3 aromatic rings. The van der Waals surface area contributed by atoms with Gasteiger partial charge in [0.15, 0.2) is 6.61 Å². The van der Waals surface area contributed by atoms with Crippen molar-refractivity contribution in [3.8, 4) is 0 Å². The number of hydrogen-bond acceptors (Lipinski definition) is 5. The Morgan fingerprint density at radius 2 is 1.59 bits per heavy atom. The zero-order valence-electron chi connectivity index (χ0n) is 16.2. The molecule has 1 aromatic heterocycles. The molecule has 0 radical (unpaired) electrons. The second-order valence-corrected chi connectivity index (χ2v) is 7.47. The second-order valence-electron chi connectivity index (χ2n) is 6.52. The second kappa shape index (κ2) is 9.30. The van der Waals surface area contributed by atoms with Crippen molar-refractivity contribution in [1.82, 2.24) is 4.90 Å². The van der Waals surface area contributed by atoms with Crippen LogP contribution in [0.1, 0.15) is 44.1 Å². The van der Waals surface area contributed by atoms with Gasteiger partial charge in [0.25, 0.3) is 5.91 Å². The van der Waals surface area contributed by atoms with E-state index in [4.69, 9.17) is 4.74 Å². The van der Waals surface area contributed by atoms with Crippen molar-refractivity contribution in [3.63, 3.8) is 0 Å². The van der Waals surface area contributed by atoms with Crippen molar-refractivity contribution in [2.75, 3.05) is 13.7 Å². The lowest BCUT2D eigenvalue weighted by Gasteiger charge is -2.25. The zero-order chi connectivity index (χ0) is 20.8. The van der Waals surface area contributed by atoms with E-state index >= 15 is 0 Å². The van der Waals surface area contributed by atoms with Crippen LogP contribution in [0.25, 0.3) is 0 Å². The molecule has 0 aliphatic carbocycles. The van der Waals surface area contributed by atoms with Crippen LogP contribution in [0.2, 0.25) is 0 Å². The molecular weight excluding hydrogens is 386 g/mol. The van der Waals surface area contributed by atoms with E-state index < -0.39 is 12.6 Å². The number of hydrogen-bond donors (Lipinski definition) is 0. The highest BCUT2D eigenvalue weighted by molar-refractivity contribution is 7.12. The van der Waals surface area contributed by atoms with Crippen molar-refractivity contribution in [1.29, 1.82) is 0 Å². The van der Waals surface area contributed by atoms with Gasteiger partial charge in [-0.1, -0.05) is 54.6 Å². The molecule has 0 N–H and O–H groups in total. The van der Waals surface area contributed by atoms with E-state index in [0.717, 1.165) is 5.56 Å². The molecule has 0 spiro atoms. The first-order valence-electron chi connectivity index (χ1n) is 9.14. The van der Waals surface area contributed by atoms with E-state index in [1.54, 1.807) is 42.8 Å². The molecule has 0 bridgehead atoms. The summed E-state index contributed by atoms with van der Waals surface area (Å²) in [6.07, 6.45) is 0. The molecule has 1 amide bonds. The summed E-state index contributed by atoms with van der Waals surface area (Å²) >= 11 is 1.31. The summed E-state index contributed by atoms with van der Waals surface area (Å²) in [5.74, 6) is -1.26. The van der Waals surface area contributed by atoms with Crippen LogP contribution in [-0.2, 0) is 9.53 Å². The molecule has 1 atom stereocenters. The van der Waals surface area contributed by atoms with Crippen LogP contribution in [0.5, 0.6) is 0 Å². The van der Waals surface area contributed by atoms with Gasteiger partial charge in [0.2, 0.25) is 5.78 Å². The molecular formula is C23H21NO4S. The number of amides is 1. The number of ketones is 1. The monoisotopic (exact) mass is 407 g/mol. The third kappa shape index (κ3) is 4.78. The zero-order valence-corrected chi connectivity index (χ0v) is 17.0. The van der Waals surface area contributed by atoms with Gasteiger partial charge in [0, 0.05) is 12.6 Å². The fraction of sp³-hybridized carbons (Fsp3) is 0.174. The third-order valence-electron chi connectivity index (χ3n) is 4.72. The maximum absolute atomic E-state index is 12.7. The van der Waals surface area contributed by atoms with Crippen LogP contribution >= 0.6 is 11.3 Å². The van der Waals surface area contributed by atoms with Crippen molar-refractivity contribution >= 4 is 29.0 Å². The number of benzene rings is 2. The average Bonchev–Trinajstić information content (AvgIpc) is 3.31. The van der Waals surface area contributed by atoms with E-state index in [1.807, 2.05) is 37.3 Å². The summed E-state index contributed by atoms with van der Waals surface area (Å²) in [4.78, 5) is 39.8. The number of rotatable bonds is 7.